The van der Waals surface area contributed by atoms with Crippen molar-refractivity contribution in [3.63, 3.8) is 0 Å². The molecule has 0 aromatic rings. The van der Waals surface area contributed by atoms with Crippen LogP contribution in [-0.4, -0.2) is 87.4 Å². The number of carbonyl (C=O) groups excluding carboxylic acids is 2. The Bertz CT molecular complexity index is 1250. The summed E-state index contributed by atoms with van der Waals surface area (Å²) in [4.78, 5) is 37.3. The van der Waals surface area contributed by atoms with Gasteiger partial charge in [0.25, 0.3) is 6.29 Å². The zero-order valence-electron chi connectivity index (χ0n) is 42.6. The zero-order chi connectivity index (χ0) is 47.7. The van der Waals surface area contributed by atoms with E-state index < -0.39 is 24.3 Å². The number of hydrogen-bond donors (Lipinski definition) is 1. The molecule has 0 saturated heterocycles. The van der Waals surface area contributed by atoms with Gasteiger partial charge in [0.05, 0.1) is 34.4 Å². The summed E-state index contributed by atoms with van der Waals surface area (Å²) in [5.41, 5.74) is 0. The van der Waals surface area contributed by atoms with Gasteiger partial charge >= 0.3 is 17.9 Å². The van der Waals surface area contributed by atoms with Crippen LogP contribution in [0, 0.1) is 0 Å². The molecule has 0 heterocycles. The molecule has 9 heteroatoms. The lowest BCUT2D eigenvalue weighted by Gasteiger charge is -2.25. The second-order valence-corrected chi connectivity index (χ2v) is 18.8. The number of carboxylic acid groups (broad SMARTS) is 1. The number of likely N-dealkylation sites (N-methyl/N-ethyl adjacent to an activating group) is 1. The molecule has 1 N–H and O–H groups in total. The Morgan fingerprint density at radius 3 is 1.32 bits per heavy atom. The lowest BCUT2D eigenvalue weighted by molar-refractivity contribution is -0.870. The van der Waals surface area contributed by atoms with Crippen molar-refractivity contribution in [1.29, 1.82) is 0 Å². The van der Waals surface area contributed by atoms with Crippen molar-refractivity contribution < 1.29 is 42.9 Å². The normalized spacial score (nSPS) is 13.3. The number of unbranched alkanes of at least 4 members (excludes halogenated alkanes) is 23. The van der Waals surface area contributed by atoms with E-state index in [1.165, 1.54) is 116 Å². The molecule has 0 rings (SSSR count). The number of allylic oxidation sites excluding steroid dienone is 10. The van der Waals surface area contributed by atoms with Gasteiger partial charge in [-0.05, 0) is 77.0 Å². The van der Waals surface area contributed by atoms with Crippen molar-refractivity contribution in [1.82, 2.24) is 0 Å². The van der Waals surface area contributed by atoms with E-state index in [0.717, 1.165) is 70.6 Å². The van der Waals surface area contributed by atoms with Crippen LogP contribution in [0.4, 0.5) is 0 Å². The first-order chi connectivity index (χ1) is 31.6. The molecule has 0 aliphatic heterocycles. The Labute approximate surface area is 399 Å². The fourth-order valence-corrected chi connectivity index (χ4v) is 7.17. The Balaban J connectivity index is 4.32. The van der Waals surface area contributed by atoms with Crippen molar-refractivity contribution in [2.24, 2.45) is 0 Å². The molecule has 0 spiro atoms. The van der Waals surface area contributed by atoms with Crippen LogP contribution in [0.25, 0.3) is 0 Å². The average molecular weight is 915 g/mol. The number of nitrogens with zero attached hydrogens (tertiary/aromatic N) is 1. The largest absolute Gasteiger partial charge is 0.477 e. The molecule has 2 atom stereocenters. The van der Waals surface area contributed by atoms with Crippen molar-refractivity contribution in [3.8, 4) is 0 Å². The van der Waals surface area contributed by atoms with E-state index in [1.54, 1.807) is 0 Å². The first kappa shape index (κ1) is 62.0. The number of carboxylic acids is 1. The van der Waals surface area contributed by atoms with Gasteiger partial charge in [-0.15, -0.1) is 0 Å². The highest BCUT2D eigenvalue weighted by molar-refractivity contribution is 5.71. The van der Waals surface area contributed by atoms with Crippen molar-refractivity contribution in [2.75, 3.05) is 47.5 Å². The third-order valence-corrected chi connectivity index (χ3v) is 11.3. The summed E-state index contributed by atoms with van der Waals surface area (Å²) in [6.45, 7) is 4.76. The molecule has 0 fully saturated rings. The standard InChI is InChI=1S/C56H99NO8/c1-6-8-10-12-14-16-18-20-22-24-25-26-27-28-29-31-33-35-37-39-41-43-45-47-54(59)65-52(51-64-56(55(60)61)62-49-48-57(3,4)5)50-63-53(58)46-44-42-40-38-36-34-32-30-23-21-19-17-15-13-11-9-7-2/h8,10,14,16,20-23,25-26,52,56H,6-7,9,11-13,15,17-19,24,27-51H2,1-5H3/p+1/b10-8-,16-14-,22-20-,23-21-,26-25-. The first-order valence-electron chi connectivity index (χ1n) is 26.5. The van der Waals surface area contributed by atoms with Gasteiger partial charge < -0.3 is 28.5 Å². The minimum absolute atomic E-state index is 0.184. The molecule has 0 aromatic heterocycles. The number of hydrogen-bond acceptors (Lipinski definition) is 7. The third-order valence-electron chi connectivity index (χ3n) is 11.3. The fraction of sp³-hybridized carbons (Fsp3) is 0.768. The predicted octanol–water partition coefficient (Wildman–Crippen LogP) is 14.9. The van der Waals surface area contributed by atoms with Crippen molar-refractivity contribution in [2.45, 2.75) is 232 Å². The van der Waals surface area contributed by atoms with E-state index in [-0.39, 0.29) is 32.2 Å². The summed E-state index contributed by atoms with van der Waals surface area (Å²) in [5.74, 6) is -2.02. The molecule has 2 unspecified atom stereocenters. The highest BCUT2D eigenvalue weighted by atomic mass is 16.7. The molecular formula is C56H100NO8+. The Morgan fingerprint density at radius 1 is 0.477 bits per heavy atom. The molecule has 0 bridgehead atoms. The summed E-state index contributed by atoms with van der Waals surface area (Å²) in [6, 6.07) is 0. The first-order valence-corrected chi connectivity index (χ1v) is 26.5. The average Bonchev–Trinajstić information content (AvgIpc) is 3.27. The van der Waals surface area contributed by atoms with Gasteiger partial charge in [-0.1, -0.05) is 190 Å². The van der Waals surface area contributed by atoms with Crippen LogP contribution in [0.3, 0.4) is 0 Å². The van der Waals surface area contributed by atoms with Gasteiger partial charge in [-0.25, -0.2) is 4.79 Å². The van der Waals surface area contributed by atoms with Crippen LogP contribution < -0.4 is 0 Å². The number of esters is 2. The van der Waals surface area contributed by atoms with Gasteiger partial charge in [0, 0.05) is 12.8 Å². The second-order valence-electron chi connectivity index (χ2n) is 18.8. The monoisotopic (exact) mass is 915 g/mol. The zero-order valence-corrected chi connectivity index (χ0v) is 42.6. The number of rotatable bonds is 48. The third kappa shape index (κ3) is 48.7. The summed E-state index contributed by atoms with van der Waals surface area (Å²) >= 11 is 0. The maximum absolute atomic E-state index is 12.8. The summed E-state index contributed by atoms with van der Waals surface area (Å²) < 4.78 is 22.8. The Morgan fingerprint density at radius 2 is 0.877 bits per heavy atom. The van der Waals surface area contributed by atoms with E-state index >= 15 is 0 Å². The van der Waals surface area contributed by atoms with Gasteiger partial charge in [0.1, 0.15) is 13.2 Å². The quantitative estimate of drug-likeness (QED) is 0.0211. The number of carbonyl (C=O) groups is 3. The lowest BCUT2D eigenvalue weighted by atomic mass is 10.0. The Hall–Kier alpha value is -3.01. The molecule has 9 nitrogen and oxygen atoms in total. The molecule has 0 radical (unpaired) electrons. The highest BCUT2D eigenvalue weighted by Crippen LogP contribution is 2.15. The van der Waals surface area contributed by atoms with Crippen LogP contribution in [0.15, 0.2) is 60.8 Å². The smallest absolute Gasteiger partial charge is 0.361 e. The van der Waals surface area contributed by atoms with E-state index in [9.17, 15) is 19.5 Å². The van der Waals surface area contributed by atoms with E-state index in [0.29, 0.717) is 23.9 Å². The number of aliphatic carboxylic acids is 1. The molecule has 376 valence electrons. The van der Waals surface area contributed by atoms with Gasteiger partial charge in [-0.2, -0.15) is 0 Å². The van der Waals surface area contributed by atoms with Crippen LogP contribution in [0.2, 0.25) is 0 Å². The maximum atomic E-state index is 12.8. The number of ether oxygens (including phenoxy) is 4. The van der Waals surface area contributed by atoms with Crippen molar-refractivity contribution >= 4 is 17.9 Å². The molecule has 0 amide bonds. The van der Waals surface area contributed by atoms with E-state index in [2.05, 4.69) is 74.6 Å². The fourth-order valence-electron chi connectivity index (χ4n) is 7.17. The van der Waals surface area contributed by atoms with Crippen LogP contribution >= 0.6 is 0 Å². The molecule has 65 heavy (non-hydrogen) atoms. The lowest BCUT2D eigenvalue weighted by Crippen LogP contribution is -2.40. The predicted molar refractivity (Wildman–Crippen MR) is 272 cm³/mol. The molecule has 0 aromatic carbocycles. The van der Waals surface area contributed by atoms with Gasteiger partial charge in [-0.3, -0.25) is 9.59 Å². The SMILES string of the molecule is CC/C=C\C/C=C\C/C=C\C/C=C\CCCCCCCCCCCCC(=O)OC(COC(=O)CCCCCCCCC/C=C\CCCCCCCC)COC(OCC[N+](C)(C)C)C(=O)O. The summed E-state index contributed by atoms with van der Waals surface area (Å²) in [5, 5.41) is 9.68. The van der Waals surface area contributed by atoms with Crippen LogP contribution in [-0.2, 0) is 33.3 Å². The second kappa shape index (κ2) is 47.5. The van der Waals surface area contributed by atoms with Crippen LogP contribution in [0.5, 0.6) is 0 Å². The van der Waals surface area contributed by atoms with Gasteiger partial charge in [0.15, 0.2) is 6.10 Å². The maximum Gasteiger partial charge on any atom is 0.361 e. The highest BCUT2D eigenvalue weighted by Gasteiger charge is 2.25. The summed E-state index contributed by atoms with van der Waals surface area (Å²) in [6.07, 6.45) is 55.6. The molecule has 0 aliphatic rings. The minimum Gasteiger partial charge on any atom is -0.477 e. The van der Waals surface area contributed by atoms with E-state index in [1.807, 2.05) is 21.1 Å². The molecular weight excluding hydrogens is 815 g/mol. The van der Waals surface area contributed by atoms with Crippen molar-refractivity contribution in [3.05, 3.63) is 60.8 Å². The van der Waals surface area contributed by atoms with E-state index in [4.69, 9.17) is 18.9 Å². The van der Waals surface area contributed by atoms with Gasteiger partial charge in [0.2, 0.25) is 0 Å². The number of quaternary nitrogens is 1. The topological polar surface area (TPSA) is 108 Å². The van der Waals surface area contributed by atoms with Crippen LogP contribution in [0.1, 0.15) is 219 Å². The molecule has 0 saturated carbocycles. The summed E-state index contributed by atoms with van der Waals surface area (Å²) in [7, 11) is 5.96. The molecule has 0 aliphatic carbocycles. The Kier molecular flexibility index (Phi) is 45.3. The minimum atomic E-state index is -1.51.